The normalized spacial score (nSPS) is 10.3. The highest BCUT2D eigenvalue weighted by atomic mass is 16.1. The lowest BCUT2D eigenvalue weighted by Crippen LogP contribution is -2.08. The van der Waals surface area contributed by atoms with Gasteiger partial charge in [0.15, 0.2) is 0 Å². The predicted octanol–water partition coefficient (Wildman–Crippen LogP) is 8.86. The Morgan fingerprint density at radius 2 is 0.750 bits per heavy atom. The van der Waals surface area contributed by atoms with E-state index in [4.69, 9.17) is 5.73 Å². The Morgan fingerprint density at radius 1 is 0.469 bits per heavy atom. The van der Waals surface area contributed by atoms with Crippen LogP contribution in [0.5, 0.6) is 0 Å². The molecule has 0 spiro atoms. The van der Waals surface area contributed by atoms with Crippen LogP contribution in [0.2, 0.25) is 0 Å². The molecule has 0 aromatic rings. The molecule has 0 saturated heterocycles. The zero-order valence-corrected chi connectivity index (χ0v) is 21.5. The van der Waals surface area contributed by atoms with Gasteiger partial charge in [-0.3, -0.25) is 4.79 Å². The summed E-state index contributed by atoms with van der Waals surface area (Å²) in [4.78, 5) is 10.6. The average Bonchev–Trinajstić information content (AvgIpc) is 2.78. The van der Waals surface area contributed by atoms with Crippen LogP contribution >= 0.6 is 0 Å². The Morgan fingerprint density at radius 3 is 1.06 bits per heavy atom. The van der Waals surface area contributed by atoms with Gasteiger partial charge in [-0.05, 0) is 19.3 Å². The molecule has 1 amide bonds. The lowest BCUT2D eigenvalue weighted by molar-refractivity contribution is -0.117. The highest BCUT2D eigenvalue weighted by Gasteiger charge is 1.94. The number of carbonyl (C=O) groups is 1. The Hall–Kier alpha value is -1.41. The molecule has 0 atom stereocenters. The highest BCUT2D eigenvalue weighted by molar-refractivity contribution is 5.73. The molecule has 0 aliphatic carbocycles. The van der Waals surface area contributed by atoms with Crippen molar-refractivity contribution in [1.29, 1.82) is 0 Å². The van der Waals surface area contributed by atoms with Gasteiger partial charge in [0.05, 0.1) is 0 Å². The Bertz CT molecular complexity index is 516. The Balaban J connectivity index is 3.16. The maximum atomic E-state index is 10.6. The summed E-state index contributed by atoms with van der Waals surface area (Å²) in [5.74, 6) is 12.7. The van der Waals surface area contributed by atoms with Crippen molar-refractivity contribution in [2.45, 2.75) is 161 Å². The van der Waals surface area contributed by atoms with Crippen LogP contribution < -0.4 is 5.73 Å². The van der Waals surface area contributed by atoms with E-state index in [1.165, 1.54) is 122 Å². The minimum Gasteiger partial charge on any atom is -0.370 e. The van der Waals surface area contributed by atoms with Gasteiger partial charge in [0, 0.05) is 32.1 Å². The second-order valence-electron chi connectivity index (χ2n) is 9.29. The van der Waals surface area contributed by atoms with Crippen LogP contribution in [0.3, 0.4) is 0 Å². The van der Waals surface area contributed by atoms with Crippen LogP contribution in [0.15, 0.2) is 0 Å². The van der Waals surface area contributed by atoms with Crippen molar-refractivity contribution >= 4 is 5.91 Å². The van der Waals surface area contributed by atoms with E-state index in [-0.39, 0.29) is 5.91 Å². The number of amides is 1. The van der Waals surface area contributed by atoms with Gasteiger partial charge in [0.2, 0.25) is 5.91 Å². The van der Waals surface area contributed by atoms with Gasteiger partial charge < -0.3 is 5.73 Å². The van der Waals surface area contributed by atoms with Crippen molar-refractivity contribution in [2.75, 3.05) is 0 Å². The number of carbonyl (C=O) groups excluding carboxylic acids is 1. The van der Waals surface area contributed by atoms with Crippen molar-refractivity contribution < 1.29 is 4.79 Å². The van der Waals surface area contributed by atoms with E-state index in [0.29, 0.717) is 12.8 Å². The molecule has 0 aliphatic heterocycles. The van der Waals surface area contributed by atoms with E-state index in [1.807, 2.05) is 0 Å². The molecule has 0 aromatic carbocycles. The number of rotatable bonds is 22. The second kappa shape index (κ2) is 27.6. The lowest BCUT2D eigenvalue weighted by atomic mass is 10.0. The van der Waals surface area contributed by atoms with Crippen LogP contribution in [-0.2, 0) is 4.79 Å². The molecule has 0 aliphatic rings. The fourth-order valence-electron chi connectivity index (χ4n) is 3.90. The third-order valence-corrected chi connectivity index (χ3v) is 6.01. The molecule has 0 aromatic heterocycles. The first-order valence-corrected chi connectivity index (χ1v) is 14.0. The summed E-state index contributed by atoms with van der Waals surface area (Å²) >= 11 is 0. The number of primary amides is 1. The molecule has 0 heterocycles. The summed E-state index contributed by atoms with van der Waals surface area (Å²) in [7, 11) is 0. The number of nitrogens with two attached hydrogens (primary N) is 1. The fourth-order valence-corrected chi connectivity index (χ4v) is 3.90. The molecular formula is C30H53NO. The molecular weight excluding hydrogens is 390 g/mol. The van der Waals surface area contributed by atoms with Crippen molar-refractivity contribution in [2.24, 2.45) is 5.73 Å². The van der Waals surface area contributed by atoms with Crippen molar-refractivity contribution in [3.8, 4) is 23.7 Å². The molecule has 2 heteroatoms. The van der Waals surface area contributed by atoms with E-state index in [2.05, 4.69) is 30.6 Å². The maximum absolute atomic E-state index is 10.6. The largest absolute Gasteiger partial charge is 0.370 e. The van der Waals surface area contributed by atoms with Gasteiger partial charge in [-0.2, -0.15) is 0 Å². The predicted molar refractivity (Wildman–Crippen MR) is 141 cm³/mol. The zero-order chi connectivity index (χ0) is 23.4. The third kappa shape index (κ3) is 28.6. The molecule has 2 nitrogen and oxygen atoms in total. The summed E-state index contributed by atoms with van der Waals surface area (Å²) in [6.07, 6.45) is 30.0. The number of hydrogen-bond acceptors (Lipinski definition) is 1. The van der Waals surface area contributed by atoms with Crippen LogP contribution in [-0.4, -0.2) is 5.91 Å². The topological polar surface area (TPSA) is 43.1 Å². The number of hydrogen-bond donors (Lipinski definition) is 1. The summed E-state index contributed by atoms with van der Waals surface area (Å²) in [6.45, 7) is 2.28. The monoisotopic (exact) mass is 443 g/mol. The van der Waals surface area contributed by atoms with Crippen LogP contribution in [0.4, 0.5) is 0 Å². The van der Waals surface area contributed by atoms with Crippen LogP contribution in [0, 0.1) is 23.7 Å². The van der Waals surface area contributed by atoms with E-state index in [9.17, 15) is 4.79 Å². The lowest BCUT2D eigenvalue weighted by Gasteiger charge is -2.01. The average molecular weight is 444 g/mol. The third-order valence-electron chi connectivity index (χ3n) is 6.01. The molecule has 0 fully saturated rings. The molecule has 0 saturated carbocycles. The molecule has 0 unspecified atom stereocenters. The van der Waals surface area contributed by atoms with E-state index < -0.39 is 0 Å². The van der Waals surface area contributed by atoms with Gasteiger partial charge in [0.1, 0.15) is 0 Å². The first kappa shape index (κ1) is 30.6. The van der Waals surface area contributed by atoms with Gasteiger partial charge in [-0.15, -0.1) is 23.7 Å². The summed E-state index contributed by atoms with van der Waals surface area (Å²) < 4.78 is 0. The first-order chi connectivity index (χ1) is 15.8. The van der Waals surface area contributed by atoms with Crippen molar-refractivity contribution in [3.05, 3.63) is 0 Å². The molecule has 184 valence electrons. The van der Waals surface area contributed by atoms with Crippen molar-refractivity contribution in [3.63, 3.8) is 0 Å². The molecule has 0 bridgehead atoms. The summed E-state index contributed by atoms with van der Waals surface area (Å²) in [5.41, 5.74) is 5.08. The second-order valence-corrected chi connectivity index (χ2v) is 9.29. The minimum absolute atomic E-state index is 0.257. The van der Waals surface area contributed by atoms with E-state index in [0.717, 1.165) is 19.3 Å². The highest BCUT2D eigenvalue weighted by Crippen LogP contribution is 2.12. The van der Waals surface area contributed by atoms with Gasteiger partial charge in [0.25, 0.3) is 0 Å². The van der Waals surface area contributed by atoms with Crippen molar-refractivity contribution in [1.82, 2.24) is 0 Å². The molecule has 0 rings (SSSR count). The molecule has 0 radical (unpaired) electrons. The SMILES string of the molecule is CCCCCCCCCCCC#CCCCCCCCCCCCCC#CCCC(N)=O. The van der Waals surface area contributed by atoms with E-state index >= 15 is 0 Å². The first-order valence-electron chi connectivity index (χ1n) is 14.0. The van der Waals surface area contributed by atoms with Gasteiger partial charge in [-0.1, -0.05) is 110 Å². The van der Waals surface area contributed by atoms with Crippen LogP contribution in [0.1, 0.15) is 161 Å². The summed E-state index contributed by atoms with van der Waals surface area (Å²) in [5, 5.41) is 0. The molecule has 2 N–H and O–H groups in total. The number of unbranched alkanes of at least 4 members (excludes halogenated alkanes) is 20. The van der Waals surface area contributed by atoms with E-state index in [1.54, 1.807) is 0 Å². The smallest absolute Gasteiger partial charge is 0.218 e. The standard InChI is InChI=1S/C30H53NO/c1-2-3-4-5-6-7-8-9-10-11-12-13-14-15-16-17-18-19-20-21-22-23-24-25-26-27-28-29-30(31)32/h2-11,14-25,28-29H2,1H3,(H2,31,32). The quantitative estimate of drug-likeness (QED) is 0.132. The van der Waals surface area contributed by atoms with Crippen LogP contribution in [0.25, 0.3) is 0 Å². The zero-order valence-electron chi connectivity index (χ0n) is 21.5. The van der Waals surface area contributed by atoms with Gasteiger partial charge in [-0.25, -0.2) is 0 Å². The fraction of sp³-hybridized carbons (Fsp3) is 0.833. The molecule has 32 heavy (non-hydrogen) atoms. The minimum atomic E-state index is -0.257. The Labute approximate surface area is 201 Å². The summed E-state index contributed by atoms with van der Waals surface area (Å²) in [6, 6.07) is 0. The Kier molecular flexibility index (Phi) is 26.4. The van der Waals surface area contributed by atoms with Gasteiger partial charge >= 0.3 is 0 Å². The maximum Gasteiger partial charge on any atom is 0.218 e.